The highest BCUT2D eigenvalue weighted by Gasteiger charge is 2.42. The van der Waals surface area contributed by atoms with Gasteiger partial charge in [-0.2, -0.15) is 13.2 Å². The van der Waals surface area contributed by atoms with E-state index in [9.17, 15) is 22.4 Å². The molecule has 0 fully saturated rings. The molecule has 0 spiro atoms. The van der Waals surface area contributed by atoms with Gasteiger partial charge in [-0.15, -0.1) is 0 Å². The molecule has 0 aliphatic carbocycles. The number of carbonyl (C=O) groups is 1. The van der Waals surface area contributed by atoms with E-state index in [2.05, 4.69) is 15.3 Å². The van der Waals surface area contributed by atoms with Gasteiger partial charge >= 0.3 is 6.18 Å². The van der Waals surface area contributed by atoms with Crippen LogP contribution in [-0.2, 0) is 0 Å². The molecule has 2 aromatic heterocycles. The molecule has 176 valence electrons. The molecule has 4 aromatic rings. The summed E-state index contributed by atoms with van der Waals surface area (Å²) in [6, 6.07) is 10.5. The molecule has 0 saturated heterocycles. The zero-order valence-electron chi connectivity index (χ0n) is 17.5. The zero-order chi connectivity index (χ0) is 24.5. The summed E-state index contributed by atoms with van der Waals surface area (Å²) < 4.78 is 65.7. The van der Waals surface area contributed by atoms with Gasteiger partial charge in [-0.1, -0.05) is 11.6 Å². The molecule has 0 aliphatic rings. The minimum atomic E-state index is -4.72. The summed E-state index contributed by atoms with van der Waals surface area (Å²) in [6.45, 7) is -0.764. The fraction of sp³-hybridized carbons (Fsp3) is 0.174. The smallest absolute Gasteiger partial charge is 0.398 e. The Morgan fingerprint density at radius 1 is 1.18 bits per heavy atom. The molecule has 2 aromatic carbocycles. The van der Waals surface area contributed by atoms with E-state index in [1.54, 1.807) is 0 Å². The third-order valence-corrected chi connectivity index (χ3v) is 5.39. The van der Waals surface area contributed by atoms with E-state index in [-0.39, 0.29) is 33.3 Å². The van der Waals surface area contributed by atoms with Crippen LogP contribution in [0, 0.1) is 5.82 Å². The Kier molecular flexibility index (Phi) is 6.43. The number of benzene rings is 2. The largest absolute Gasteiger partial charge is 0.494 e. The minimum Gasteiger partial charge on any atom is -0.494 e. The van der Waals surface area contributed by atoms with Crippen molar-refractivity contribution in [3.8, 4) is 17.0 Å². The van der Waals surface area contributed by atoms with E-state index in [0.717, 1.165) is 6.07 Å². The number of nitrogens with one attached hydrogen (secondary N) is 1. The van der Waals surface area contributed by atoms with Crippen molar-refractivity contribution in [1.29, 1.82) is 0 Å². The van der Waals surface area contributed by atoms with Crippen LogP contribution in [0.1, 0.15) is 22.0 Å². The summed E-state index contributed by atoms with van der Waals surface area (Å²) in [5, 5.41) is 2.09. The molecule has 34 heavy (non-hydrogen) atoms. The maximum atomic E-state index is 13.9. The Hall–Kier alpha value is -3.66. The predicted molar refractivity (Wildman–Crippen MR) is 116 cm³/mol. The summed E-state index contributed by atoms with van der Waals surface area (Å²) in [7, 11) is 1.33. The van der Waals surface area contributed by atoms with Gasteiger partial charge in [0.2, 0.25) is 0 Å². The summed E-state index contributed by atoms with van der Waals surface area (Å²) >= 11 is 5.82. The highest BCUT2D eigenvalue weighted by Crippen LogP contribution is 2.37. The van der Waals surface area contributed by atoms with Gasteiger partial charge in [-0.05, 0) is 48.5 Å². The van der Waals surface area contributed by atoms with Gasteiger partial charge < -0.3 is 14.5 Å². The van der Waals surface area contributed by atoms with Crippen molar-refractivity contribution in [2.45, 2.75) is 12.1 Å². The topological polar surface area (TPSA) is 77.2 Å². The first-order chi connectivity index (χ1) is 16.2. The lowest BCUT2D eigenvalue weighted by molar-refractivity contribution is -0.149. The highest BCUT2D eigenvalue weighted by atomic mass is 35.5. The van der Waals surface area contributed by atoms with E-state index in [4.69, 9.17) is 20.8 Å². The summed E-state index contributed by atoms with van der Waals surface area (Å²) in [6.07, 6.45) is -3.52. The number of hydrogen-bond acceptors (Lipinski definition) is 5. The molecule has 0 aliphatic heterocycles. The minimum absolute atomic E-state index is 0.0539. The second kappa shape index (κ2) is 9.30. The quantitative estimate of drug-likeness (QED) is 0.345. The molecular weight excluding hydrogens is 478 g/mol. The van der Waals surface area contributed by atoms with Crippen LogP contribution >= 0.6 is 11.6 Å². The summed E-state index contributed by atoms with van der Waals surface area (Å²) in [5.41, 5.74) is 0.943. The Morgan fingerprint density at radius 3 is 2.68 bits per heavy atom. The molecule has 0 bridgehead atoms. The number of ether oxygens (including phenoxy) is 1. The number of aromatic nitrogens is 2. The van der Waals surface area contributed by atoms with Crippen molar-refractivity contribution in [3.05, 3.63) is 77.0 Å². The van der Waals surface area contributed by atoms with Crippen molar-refractivity contribution in [1.82, 2.24) is 15.3 Å². The first-order valence-electron chi connectivity index (χ1n) is 9.86. The van der Waals surface area contributed by atoms with Crippen LogP contribution in [0.5, 0.6) is 5.75 Å². The van der Waals surface area contributed by atoms with E-state index < -0.39 is 30.4 Å². The molecule has 0 radical (unpaired) electrons. The zero-order valence-corrected chi connectivity index (χ0v) is 18.2. The van der Waals surface area contributed by atoms with Gasteiger partial charge in [0, 0.05) is 17.7 Å². The van der Waals surface area contributed by atoms with Gasteiger partial charge in [0.15, 0.2) is 12.0 Å². The molecule has 1 amide bonds. The predicted octanol–water partition coefficient (Wildman–Crippen LogP) is 5.77. The van der Waals surface area contributed by atoms with Crippen LogP contribution in [0.15, 0.2) is 59.3 Å². The Balaban J connectivity index is 1.63. The number of rotatable bonds is 6. The number of fused-ring (bicyclic) bond motifs is 1. The van der Waals surface area contributed by atoms with Gasteiger partial charge in [-0.25, -0.2) is 14.4 Å². The van der Waals surface area contributed by atoms with Crippen LogP contribution in [-0.4, -0.2) is 35.7 Å². The molecule has 2 heterocycles. The number of amides is 1. The molecule has 4 rings (SSSR count). The van der Waals surface area contributed by atoms with E-state index >= 15 is 0 Å². The molecule has 1 unspecified atom stereocenters. The summed E-state index contributed by atoms with van der Waals surface area (Å²) in [5.74, 6) is -3.34. The Morgan fingerprint density at radius 2 is 1.97 bits per heavy atom. The second-order valence-corrected chi connectivity index (χ2v) is 7.66. The van der Waals surface area contributed by atoms with Gasteiger partial charge in [0.1, 0.15) is 28.7 Å². The number of methoxy groups -OCH3 is 1. The van der Waals surface area contributed by atoms with Crippen LogP contribution < -0.4 is 10.1 Å². The first kappa shape index (κ1) is 23.5. The maximum absolute atomic E-state index is 13.9. The third kappa shape index (κ3) is 4.81. The fourth-order valence-corrected chi connectivity index (χ4v) is 3.53. The van der Waals surface area contributed by atoms with Gasteiger partial charge in [-0.3, -0.25) is 4.79 Å². The van der Waals surface area contributed by atoms with Crippen LogP contribution in [0.25, 0.3) is 22.4 Å². The number of nitrogens with zero attached hydrogens (tertiary/aromatic N) is 2. The third-order valence-electron chi connectivity index (χ3n) is 5.11. The van der Waals surface area contributed by atoms with Crippen molar-refractivity contribution in [3.63, 3.8) is 0 Å². The highest BCUT2D eigenvalue weighted by molar-refractivity contribution is 6.31. The maximum Gasteiger partial charge on any atom is 0.398 e. The van der Waals surface area contributed by atoms with Gasteiger partial charge in [0.25, 0.3) is 5.91 Å². The number of halogens is 5. The van der Waals surface area contributed by atoms with Crippen LogP contribution in [0.3, 0.4) is 0 Å². The van der Waals surface area contributed by atoms with Crippen LogP contribution in [0.4, 0.5) is 17.6 Å². The van der Waals surface area contributed by atoms with Crippen LogP contribution in [0.2, 0.25) is 5.02 Å². The van der Waals surface area contributed by atoms with Crippen molar-refractivity contribution in [2.75, 3.05) is 13.7 Å². The fourth-order valence-electron chi connectivity index (χ4n) is 3.35. The van der Waals surface area contributed by atoms with Crippen molar-refractivity contribution >= 4 is 28.6 Å². The SMILES string of the molecule is COc1ccc(C(CNC(=O)c2ccc3ncoc3c2)C(F)(F)F)nc1-c1ccc(F)c(Cl)c1. The lowest BCUT2D eigenvalue weighted by Crippen LogP contribution is -2.35. The van der Waals surface area contributed by atoms with E-state index in [0.29, 0.717) is 11.1 Å². The number of carbonyl (C=O) groups excluding carboxylic acids is 1. The Bertz CT molecular complexity index is 1360. The lowest BCUT2D eigenvalue weighted by Gasteiger charge is -2.21. The molecule has 6 nitrogen and oxygen atoms in total. The number of hydrogen-bond donors (Lipinski definition) is 1. The number of alkyl halides is 3. The monoisotopic (exact) mass is 493 g/mol. The molecule has 1 atom stereocenters. The second-order valence-electron chi connectivity index (χ2n) is 7.25. The first-order valence-corrected chi connectivity index (χ1v) is 10.2. The van der Waals surface area contributed by atoms with E-state index in [1.807, 2.05) is 0 Å². The van der Waals surface area contributed by atoms with Gasteiger partial charge in [0.05, 0.1) is 17.8 Å². The normalized spacial score (nSPS) is 12.5. The Labute approximate surface area is 195 Å². The molecule has 1 N–H and O–H groups in total. The number of pyridine rings is 1. The summed E-state index contributed by atoms with van der Waals surface area (Å²) in [4.78, 5) is 20.6. The van der Waals surface area contributed by atoms with E-state index in [1.165, 1.54) is 56.0 Å². The average molecular weight is 494 g/mol. The van der Waals surface area contributed by atoms with Crippen molar-refractivity contribution in [2.24, 2.45) is 0 Å². The lowest BCUT2D eigenvalue weighted by atomic mass is 10.0. The van der Waals surface area contributed by atoms with Crippen molar-refractivity contribution < 1.29 is 31.5 Å². The average Bonchev–Trinajstić information content (AvgIpc) is 3.28. The molecular formula is C23H16ClF4N3O3. The standard InChI is InChI=1S/C23H16ClF4N3O3/c1-33-19-7-6-17(31-21(19)12-2-4-16(25)15(24)8-12)14(23(26,27)28)10-29-22(32)13-3-5-18-20(9-13)34-11-30-18/h2-9,11,14H,10H2,1H3,(H,29,32). The molecule has 11 heteroatoms. The number of oxazole rings is 1. The molecule has 0 saturated carbocycles.